The minimum absolute atomic E-state index is 0.191. The second-order valence-electron chi connectivity index (χ2n) is 4.74. The summed E-state index contributed by atoms with van der Waals surface area (Å²) in [6, 6.07) is 4.05. The zero-order valence-electron chi connectivity index (χ0n) is 10.1. The summed E-state index contributed by atoms with van der Waals surface area (Å²) in [5.41, 5.74) is 0.518. The molecule has 0 unspecified atom stereocenters. The van der Waals surface area contributed by atoms with E-state index in [0.29, 0.717) is 9.26 Å². The summed E-state index contributed by atoms with van der Waals surface area (Å²) < 4.78 is 39.5. The van der Waals surface area contributed by atoms with Crippen LogP contribution in [0.25, 0.3) is 0 Å². The van der Waals surface area contributed by atoms with E-state index in [4.69, 9.17) is 0 Å². The lowest BCUT2D eigenvalue weighted by atomic mass is 9.86. The number of halogens is 4. The van der Waals surface area contributed by atoms with Crippen molar-refractivity contribution >= 4 is 34.2 Å². The van der Waals surface area contributed by atoms with E-state index in [1.807, 2.05) is 22.6 Å². The molecule has 1 fully saturated rings. The van der Waals surface area contributed by atoms with Crippen LogP contribution in [0.4, 0.5) is 18.9 Å². The van der Waals surface area contributed by atoms with Gasteiger partial charge >= 0.3 is 0 Å². The SMILES string of the molecule is O=C(Nc1ccc(F)cc1I)C1CCC(F)(F)CC1. The molecule has 0 radical (unpaired) electrons. The number of carbonyl (C=O) groups excluding carboxylic acids is 1. The first-order valence-electron chi connectivity index (χ1n) is 6.01. The number of benzene rings is 1. The Morgan fingerprint density at radius 2 is 1.95 bits per heavy atom. The van der Waals surface area contributed by atoms with Crippen LogP contribution in [0.3, 0.4) is 0 Å². The molecule has 2 rings (SSSR count). The van der Waals surface area contributed by atoms with Gasteiger partial charge in [0, 0.05) is 22.3 Å². The highest BCUT2D eigenvalue weighted by Crippen LogP contribution is 2.36. The van der Waals surface area contributed by atoms with Crippen LogP contribution in [0.15, 0.2) is 18.2 Å². The van der Waals surface area contributed by atoms with Crippen molar-refractivity contribution in [3.8, 4) is 0 Å². The van der Waals surface area contributed by atoms with Crippen molar-refractivity contribution in [1.82, 2.24) is 0 Å². The third-order valence-electron chi connectivity index (χ3n) is 3.28. The van der Waals surface area contributed by atoms with Crippen LogP contribution in [-0.2, 0) is 4.79 Å². The van der Waals surface area contributed by atoms with Crippen LogP contribution >= 0.6 is 22.6 Å². The fraction of sp³-hybridized carbons (Fsp3) is 0.462. The van der Waals surface area contributed by atoms with Gasteiger partial charge in [-0.25, -0.2) is 13.2 Å². The fourth-order valence-corrected chi connectivity index (χ4v) is 2.74. The quantitative estimate of drug-likeness (QED) is 0.763. The van der Waals surface area contributed by atoms with E-state index in [0.717, 1.165) is 0 Å². The minimum Gasteiger partial charge on any atom is -0.325 e. The maximum atomic E-state index is 13.0. The largest absolute Gasteiger partial charge is 0.325 e. The van der Waals surface area contributed by atoms with Gasteiger partial charge in [-0.05, 0) is 53.6 Å². The summed E-state index contributed by atoms with van der Waals surface area (Å²) in [5, 5.41) is 2.68. The number of hydrogen-bond acceptors (Lipinski definition) is 1. The van der Waals surface area contributed by atoms with Gasteiger partial charge < -0.3 is 5.32 Å². The van der Waals surface area contributed by atoms with Gasteiger partial charge in [-0.2, -0.15) is 0 Å². The van der Waals surface area contributed by atoms with Gasteiger partial charge in [-0.15, -0.1) is 0 Å². The standard InChI is InChI=1S/C13H13F3INO/c14-9-1-2-11(10(17)7-9)18-12(19)8-3-5-13(15,16)6-4-8/h1-2,7-8H,3-6H2,(H,18,19). The molecule has 104 valence electrons. The van der Waals surface area contributed by atoms with Crippen molar-refractivity contribution in [2.75, 3.05) is 5.32 Å². The zero-order valence-corrected chi connectivity index (χ0v) is 12.2. The van der Waals surface area contributed by atoms with Crippen LogP contribution in [0.2, 0.25) is 0 Å². The fourth-order valence-electron chi connectivity index (χ4n) is 2.13. The molecule has 1 aromatic rings. The Labute approximate surface area is 122 Å². The average Bonchev–Trinajstić information content (AvgIpc) is 2.32. The number of hydrogen-bond donors (Lipinski definition) is 1. The highest BCUT2D eigenvalue weighted by atomic mass is 127. The summed E-state index contributed by atoms with van der Waals surface area (Å²) >= 11 is 1.92. The van der Waals surface area contributed by atoms with E-state index in [1.54, 1.807) is 0 Å². The lowest BCUT2D eigenvalue weighted by molar-refractivity contribution is -0.124. The molecule has 2 nitrogen and oxygen atoms in total. The summed E-state index contributed by atoms with van der Waals surface area (Å²) in [4.78, 5) is 12.0. The Balaban J connectivity index is 1.98. The molecule has 0 saturated heterocycles. The van der Waals surface area contributed by atoms with Gasteiger partial charge in [0.2, 0.25) is 11.8 Å². The van der Waals surface area contributed by atoms with Crippen molar-refractivity contribution in [2.24, 2.45) is 5.92 Å². The van der Waals surface area contributed by atoms with E-state index >= 15 is 0 Å². The molecule has 1 saturated carbocycles. The van der Waals surface area contributed by atoms with Crippen LogP contribution in [0, 0.1) is 15.3 Å². The summed E-state index contributed by atoms with van der Waals surface area (Å²) in [5.74, 6) is -3.67. The van der Waals surface area contributed by atoms with Gasteiger partial charge in [-0.3, -0.25) is 4.79 Å². The lowest BCUT2D eigenvalue weighted by Crippen LogP contribution is -2.32. The molecular formula is C13H13F3INO. The molecule has 0 bridgehead atoms. The van der Waals surface area contributed by atoms with Crippen molar-refractivity contribution in [1.29, 1.82) is 0 Å². The third kappa shape index (κ3) is 3.84. The van der Waals surface area contributed by atoms with Crippen LogP contribution in [-0.4, -0.2) is 11.8 Å². The highest BCUT2D eigenvalue weighted by molar-refractivity contribution is 14.1. The molecule has 1 aliphatic rings. The number of carbonyl (C=O) groups is 1. The molecule has 19 heavy (non-hydrogen) atoms. The summed E-state index contributed by atoms with van der Waals surface area (Å²) in [7, 11) is 0. The second-order valence-corrected chi connectivity index (χ2v) is 5.91. The molecule has 6 heteroatoms. The van der Waals surface area contributed by atoms with Gasteiger partial charge in [0.25, 0.3) is 0 Å². The monoisotopic (exact) mass is 383 g/mol. The molecule has 0 heterocycles. The molecule has 0 aromatic heterocycles. The second kappa shape index (κ2) is 5.68. The predicted molar refractivity (Wildman–Crippen MR) is 74.7 cm³/mol. The van der Waals surface area contributed by atoms with Crippen LogP contribution < -0.4 is 5.32 Å². The average molecular weight is 383 g/mol. The van der Waals surface area contributed by atoms with Crippen LogP contribution in [0.1, 0.15) is 25.7 Å². The van der Waals surface area contributed by atoms with Crippen molar-refractivity contribution in [3.63, 3.8) is 0 Å². The van der Waals surface area contributed by atoms with E-state index in [2.05, 4.69) is 5.32 Å². The third-order valence-corrected chi connectivity index (χ3v) is 4.17. The van der Waals surface area contributed by atoms with E-state index < -0.39 is 5.92 Å². The van der Waals surface area contributed by atoms with Gasteiger partial charge in [0.15, 0.2) is 0 Å². The van der Waals surface area contributed by atoms with Crippen LogP contribution in [0.5, 0.6) is 0 Å². The first-order valence-corrected chi connectivity index (χ1v) is 7.09. The van der Waals surface area contributed by atoms with Gasteiger partial charge in [0.05, 0.1) is 5.69 Å². The topological polar surface area (TPSA) is 29.1 Å². The Morgan fingerprint density at radius 1 is 1.32 bits per heavy atom. The highest BCUT2D eigenvalue weighted by Gasteiger charge is 2.37. The molecule has 1 aromatic carbocycles. The maximum Gasteiger partial charge on any atom is 0.248 e. The van der Waals surface area contributed by atoms with Gasteiger partial charge in [0.1, 0.15) is 5.82 Å². The van der Waals surface area contributed by atoms with E-state index in [-0.39, 0.29) is 43.3 Å². The maximum absolute atomic E-state index is 13.0. The summed E-state index contributed by atoms with van der Waals surface area (Å²) in [6.07, 6.45) is -0.107. The lowest BCUT2D eigenvalue weighted by Gasteiger charge is -2.27. The number of alkyl halides is 2. The summed E-state index contributed by atoms with van der Waals surface area (Å²) in [6.45, 7) is 0. The van der Waals surface area contributed by atoms with E-state index in [1.165, 1.54) is 18.2 Å². The number of nitrogens with one attached hydrogen (secondary N) is 1. The number of anilines is 1. The van der Waals surface area contributed by atoms with Gasteiger partial charge in [-0.1, -0.05) is 0 Å². The molecule has 0 spiro atoms. The Kier molecular flexibility index (Phi) is 4.37. The number of rotatable bonds is 2. The normalized spacial score (nSPS) is 19.2. The smallest absolute Gasteiger partial charge is 0.248 e. The van der Waals surface area contributed by atoms with Crippen molar-refractivity contribution < 1.29 is 18.0 Å². The molecule has 0 aliphatic heterocycles. The first-order chi connectivity index (χ1) is 8.87. The zero-order chi connectivity index (χ0) is 14.0. The molecular weight excluding hydrogens is 370 g/mol. The molecule has 1 amide bonds. The molecule has 0 atom stereocenters. The van der Waals surface area contributed by atoms with E-state index in [9.17, 15) is 18.0 Å². The Morgan fingerprint density at radius 3 is 2.53 bits per heavy atom. The first kappa shape index (κ1) is 14.6. The predicted octanol–water partition coefficient (Wildman–Crippen LogP) is 4.19. The molecule has 1 N–H and O–H groups in total. The number of amides is 1. The Bertz CT molecular complexity index is 483. The molecule has 1 aliphatic carbocycles. The van der Waals surface area contributed by atoms with Crippen molar-refractivity contribution in [2.45, 2.75) is 31.6 Å². The van der Waals surface area contributed by atoms with Crippen molar-refractivity contribution in [3.05, 3.63) is 27.6 Å². The minimum atomic E-state index is -2.64. The Hall–Kier alpha value is -0.790.